The number of hydrogen-bond donors (Lipinski definition) is 3. The van der Waals surface area contributed by atoms with E-state index >= 15 is 0 Å². The number of aliphatic carboxylic acids is 1. The fourth-order valence-corrected chi connectivity index (χ4v) is 2.36. The maximum Gasteiger partial charge on any atom is 0.305 e. The van der Waals surface area contributed by atoms with Crippen molar-refractivity contribution in [1.82, 2.24) is 0 Å². The van der Waals surface area contributed by atoms with Crippen molar-refractivity contribution in [3.63, 3.8) is 0 Å². The highest BCUT2D eigenvalue weighted by atomic mass is 79.9. The summed E-state index contributed by atoms with van der Waals surface area (Å²) >= 11 is 3.44. The van der Waals surface area contributed by atoms with Crippen LogP contribution in [0.5, 0.6) is 0 Å². The second-order valence-corrected chi connectivity index (χ2v) is 5.19. The average molecular weight is 337 g/mol. The molecule has 2 aromatic carbocycles. The number of carboxylic acid groups (broad SMARTS) is 1. The third-order valence-electron chi connectivity index (χ3n) is 2.86. The molecular weight excluding hydrogens is 324 g/mol. The van der Waals surface area contributed by atoms with Crippen molar-refractivity contribution in [2.75, 3.05) is 5.32 Å². The largest absolute Gasteiger partial charge is 0.481 e. The maximum absolute atomic E-state index is 11.9. The van der Waals surface area contributed by atoms with Crippen molar-refractivity contribution in [2.24, 2.45) is 5.73 Å². The second kappa shape index (κ2) is 6.02. The molecule has 104 valence electrons. The van der Waals surface area contributed by atoms with Gasteiger partial charge in [0.25, 0.3) is 0 Å². The van der Waals surface area contributed by atoms with E-state index in [-0.39, 0.29) is 0 Å². The van der Waals surface area contributed by atoms with Crippen molar-refractivity contribution in [2.45, 2.75) is 12.5 Å². The predicted octanol–water partition coefficient (Wildman–Crippen LogP) is 2.34. The third kappa shape index (κ3) is 3.15. The number of carbonyl (C=O) groups is 2. The fraction of sp³-hybridized carbons (Fsp3) is 0.143. The molecule has 2 aromatic rings. The zero-order valence-electron chi connectivity index (χ0n) is 10.5. The second-order valence-electron chi connectivity index (χ2n) is 4.33. The predicted molar refractivity (Wildman–Crippen MR) is 80.5 cm³/mol. The van der Waals surface area contributed by atoms with E-state index in [0.29, 0.717) is 5.69 Å². The monoisotopic (exact) mass is 336 g/mol. The summed E-state index contributed by atoms with van der Waals surface area (Å²) in [5.74, 6) is -1.62. The minimum absolute atomic E-state index is 0.402. The molecule has 5 nitrogen and oxygen atoms in total. The number of rotatable bonds is 4. The molecule has 1 amide bonds. The first kappa shape index (κ1) is 14.5. The summed E-state index contributed by atoms with van der Waals surface area (Å²) in [6.45, 7) is 0. The molecule has 4 N–H and O–H groups in total. The van der Waals surface area contributed by atoms with Gasteiger partial charge in [0.1, 0.15) is 0 Å². The van der Waals surface area contributed by atoms with Gasteiger partial charge >= 0.3 is 5.97 Å². The lowest BCUT2D eigenvalue weighted by molar-refractivity contribution is -0.138. The number of nitrogens with one attached hydrogen (secondary N) is 1. The standard InChI is InChI=1S/C14H13BrN2O3/c15-10-5-6-12(9-4-2-1-3-8(9)10)17-14(20)11(16)7-13(18)19/h1-6,11H,7,16H2,(H,17,20)(H,18,19). The molecule has 0 aliphatic rings. The third-order valence-corrected chi connectivity index (χ3v) is 3.55. The van der Waals surface area contributed by atoms with Crippen LogP contribution >= 0.6 is 15.9 Å². The molecule has 0 aliphatic carbocycles. The summed E-state index contributed by atoms with van der Waals surface area (Å²) in [6, 6.07) is 10.1. The Morgan fingerprint density at radius 1 is 1.20 bits per heavy atom. The zero-order valence-corrected chi connectivity index (χ0v) is 12.1. The first-order valence-electron chi connectivity index (χ1n) is 5.94. The molecule has 0 spiro atoms. The highest BCUT2D eigenvalue weighted by Crippen LogP contribution is 2.29. The van der Waals surface area contributed by atoms with E-state index in [9.17, 15) is 9.59 Å². The summed E-state index contributed by atoms with van der Waals surface area (Å²) in [6.07, 6.45) is -0.402. The Kier molecular flexibility index (Phi) is 4.36. The van der Waals surface area contributed by atoms with Crippen LogP contribution in [-0.2, 0) is 9.59 Å². The molecule has 2 rings (SSSR count). The molecule has 0 bridgehead atoms. The molecule has 0 saturated carbocycles. The Labute approximate surface area is 123 Å². The molecule has 0 radical (unpaired) electrons. The maximum atomic E-state index is 11.9. The molecule has 0 heterocycles. The van der Waals surface area contributed by atoms with Crippen LogP contribution in [0, 0.1) is 0 Å². The van der Waals surface area contributed by atoms with Gasteiger partial charge in [0, 0.05) is 15.5 Å². The normalized spacial score (nSPS) is 12.1. The Morgan fingerprint density at radius 3 is 2.50 bits per heavy atom. The van der Waals surface area contributed by atoms with Gasteiger partial charge in [0.2, 0.25) is 5.91 Å². The van der Waals surface area contributed by atoms with Crippen LogP contribution in [0.4, 0.5) is 5.69 Å². The minimum atomic E-state index is -1.10. The summed E-state index contributed by atoms with van der Waals surface area (Å²) in [5, 5.41) is 13.1. The average Bonchev–Trinajstić information content (AvgIpc) is 2.41. The highest BCUT2D eigenvalue weighted by molar-refractivity contribution is 9.10. The van der Waals surface area contributed by atoms with Crippen LogP contribution in [0.25, 0.3) is 10.8 Å². The van der Waals surface area contributed by atoms with Crippen LogP contribution in [0.3, 0.4) is 0 Å². The summed E-state index contributed by atoms with van der Waals surface area (Å²) in [5.41, 5.74) is 6.14. The Morgan fingerprint density at radius 2 is 1.85 bits per heavy atom. The van der Waals surface area contributed by atoms with Gasteiger partial charge in [-0.2, -0.15) is 0 Å². The van der Waals surface area contributed by atoms with Crippen LogP contribution < -0.4 is 11.1 Å². The number of carbonyl (C=O) groups excluding carboxylic acids is 1. The molecule has 1 unspecified atom stereocenters. The number of benzene rings is 2. The van der Waals surface area contributed by atoms with E-state index in [1.807, 2.05) is 30.3 Å². The van der Waals surface area contributed by atoms with Crippen molar-refractivity contribution in [3.8, 4) is 0 Å². The fourth-order valence-electron chi connectivity index (χ4n) is 1.88. The molecule has 0 fully saturated rings. The van der Waals surface area contributed by atoms with E-state index in [1.54, 1.807) is 6.07 Å². The van der Waals surface area contributed by atoms with E-state index in [0.717, 1.165) is 15.2 Å². The van der Waals surface area contributed by atoms with Gasteiger partial charge in [-0.05, 0) is 17.5 Å². The highest BCUT2D eigenvalue weighted by Gasteiger charge is 2.18. The van der Waals surface area contributed by atoms with E-state index < -0.39 is 24.3 Å². The van der Waals surface area contributed by atoms with Crippen molar-refractivity contribution in [1.29, 1.82) is 0 Å². The Balaban J connectivity index is 2.28. The van der Waals surface area contributed by atoms with Gasteiger partial charge in [0.15, 0.2) is 0 Å². The molecule has 0 aliphatic heterocycles. The SMILES string of the molecule is NC(CC(=O)O)C(=O)Nc1ccc(Br)c2ccccc12. The molecule has 6 heteroatoms. The molecule has 0 saturated heterocycles. The zero-order chi connectivity index (χ0) is 14.7. The smallest absolute Gasteiger partial charge is 0.305 e. The first-order valence-corrected chi connectivity index (χ1v) is 6.74. The topological polar surface area (TPSA) is 92.4 Å². The van der Waals surface area contributed by atoms with E-state index in [1.165, 1.54) is 0 Å². The van der Waals surface area contributed by atoms with Crippen LogP contribution in [0.15, 0.2) is 40.9 Å². The number of amides is 1. The minimum Gasteiger partial charge on any atom is -0.481 e. The van der Waals surface area contributed by atoms with Crippen LogP contribution in [0.2, 0.25) is 0 Å². The summed E-state index contributed by atoms with van der Waals surface area (Å²) < 4.78 is 0.918. The molecule has 1 atom stereocenters. The number of carboxylic acids is 1. The number of nitrogens with two attached hydrogens (primary N) is 1. The number of anilines is 1. The summed E-state index contributed by atoms with van der Waals surface area (Å²) in [4.78, 5) is 22.4. The number of fused-ring (bicyclic) bond motifs is 1. The molecular formula is C14H13BrN2O3. The molecule has 20 heavy (non-hydrogen) atoms. The van der Waals surface area contributed by atoms with Gasteiger partial charge in [-0.3, -0.25) is 9.59 Å². The van der Waals surface area contributed by atoms with Crippen molar-refractivity contribution < 1.29 is 14.7 Å². The quantitative estimate of drug-likeness (QED) is 0.798. The number of hydrogen-bond acceptors (Lipinski definition) is 3. The summed E-state index contributed by atoms with van der Waals surface area (Å²) in [7, 11) is 0. The molecule has 0 aromatic heterocycles. The van der Waals surface area contributed by atoms with Gasteiger partial charge in [0.05, 0.1) is 12.5 Å². The van der Waals surface area contributed by atoms with Crippen LogP contribution in [-0.4, -0.2) is 23.0 Å². The van der Waals surface area contributed by atoms with Crippen LogP contribution in [0.1, 0.15) is 6.42 Å². The van der Waals surface area contributed by atoms with Gasteiger partial charge in [-0.15, -0.1) is 0 Å². The van der Waals surface area contributed by atoms with Crippen molar-refractivity contribution >= 4 is 44.3 Å². The number of halogens is 1. The van der Waals surface area contributed by atoms with E-state index in [4.69, 9.17) is 10.8 Å². The lowest BCUT2D eigenvalue weighted by Gasteiger charge is -2.13. The first-order chi connectivity index (χ1) is 9.49. The Bertz CT molecular complexity index is 673. The van der Waals surface area contributed by atoms with E-state index in [2.05, 4.69) is 21.2 Å². The van der Waals surface area contributed by atoms with Gasteiger partial charge in [-0.1, -0.05) is 40.2 Å². The van der Waals surface area contributed by atoms with Gasteiger partial charge < -0.3 is 16.2 Å². The van der Waals surface area contributed by atoms with Crippen molar-refractivity contribution in [3.05, 3.63) is 40.9 Å². The lowest BCUT2D eigenvalue weighted by Crippen LogP contribution is -2.37. The van der Waals surface area contributed by atoms with Gasteiger partial charge in [-0.25, -0.2) is 0 Å². The lowest BCUT2D eigenvalue weighted by atomic mass is 10.1. The Hall–Kier alpha value is -1.92.